The molecule has 0 unspecified atom stereocenters. The third-order valence-electron chi connectivity index (χ3n) is 2.32. The molecule has 0 aliphatic carbocycles. The summed E-state index contributed by atoms with van der Waals surface area (Å²) in [5, 5.41) is 0.983. The second-order valence-electron chi connectivity index (χ2n) is 3.77. The lowest BCUT2D eigenvalue weighted by Gasteiger charge is -2.06. The molecule has 1 atom stereocenters. The van der Waals surface area contributed by atoms with E-state index in [0.717, 1.165) is 15.1 Å². The van der Waals surface area contributed by atoms with Gasteiger partial charge in [0, 0.05) is 21.6 Å². The molecule has 0 saturated carbocycles. The fourth-order valence-electron chi connectivity index (χ4n) is 1.34. The number of halogens is 1. The van der Waals surface area contributed by atoms with Crippen LogP contribution in [0.5, 0.6) is 0 Å². The Bertz CT molecular complexity index is 480. The first-order valence-corrected chi connectivity index (χ1v) is 6.91. The Morgan fingerprint density at radius 2 is 1.88 bits per heavy atom. The molecule has 1 aromatic carbocycles. The molecule has 0 fully saturated rings. The van der Waals surface area contributed by atoms with Crippen molar-refractivity contribution in [2.24, 2.45) is 5.73 Å². The first kappa shape index (κ1) is 12.6. The van der Waals surface area contributed by atoms with Crippen molar-refractivity contribution in [2.75, 3.05) is 0 Å². The summed E-state index contributed by atoms with van der Waals surface area (Å²) >= 11 is 5.06. The van der Waals surface area contributed by atoms with Crippen LogP contribution < -0.4 is 5.73 Å². The zero-order valence-corrected chi connectivity index (χ0v) is 11.8. The Morgan fingerprint density at radius 1 is 1.18 bits per heavy atom. The summed E-state index contributed by atoms with van der Waals surface area (Å²) in [5.41, 5.74) is 6.84. The summed E-state index contributed by atoms with van der Waals surface area (Å²) in [4.78, 5) is 5.56. The Labute approximate surface area is 114 Å². The first-order valence-electron chi connectivity index (χ1n) is 5.30. The largest absolute Gasteiger partial charge is 0.324 e. The normalized spacial score (nSPS) is 12.4. The molecule has 0 radical (unpaired) electrons. The second kappa shape index (κ2) is 5.67. The standard InChI is InChI=1S/C13H13BrN2S/c1-9(15)10-2-7-13(16-8-10)17-12-5-3-11(14)4-6-12/h2-9H,15H2,1H3/t9-/m1/s1. The van der Waals surface area contributed by atoms with Crippen LogP contribution in [0.1, 0.15) is 18.5 Å². The zero-order chi connectivity index (χ0) is 12.3. The van der Waals surface area contributed by atoms with E-state index in [4.69, 9.17) is 5.73 Å². The van der Waals surface area contributed by atoms with Crippen molar-refractivity contribution in [3.8, 4) is 0 Å². The van der Waals surface area contributed by atoms with E-state index in [9.17, 15) is 0 Å². The number of hydrogen-bond acceptors (Lipinski definition) is 3. The topological polar surface area (TPSA) is 38.9 Å². The molecule has 1 aromatic heterocycles. The van der Waals surface area contributed by atoms with E-state index in [2.05, 4.69) is 33.0 Å². The van der Waals surface area contributed by atoms with Crippen molar-refractivity contribution in [1.29, 1.82) is 0 Å². The minimum absolute atomic E-state index is 0.0363. The van der Waals surface area contributed by atoms with E-state index < -0.39 is 0 Å². The van der Waals surface area contributed by atoms with Crippen molar-refractivity contribution >= 4 is 27.7 Å². The van der Waals surface area contributed by atoms with Crippen LogP contribution in [0.2, 0.25) is 0 Å². The number of hydrogen-bond donors (Lipinski definition) is 1. The van der Waals surface area contributed by atoms with Gasteiger partial charge in [0.25, 0.3) is 0 Å². The highest BCUT2D eigenvalue weighted by atomic mass is 79.9. The molecule has 2 aromatic rings. The number of rotatable bonds is 3. The highest BCUT2D eigenvalue weighted by molar-refractivity contribution is 9.10. The van der Waals surface area contributed by atoms with Gasteiger partial charge in [0.2, 0.25) is 0 Å². The van der Waals surface area contributed by atoms with Gasteiger partial charge in [-0.05, 0) is 42.8 Å². The molecule has 0 saturated heterocycles. The minimum atomic E-state index is 0.0363. The SMILES string of the molecule is C[C@@H](N)c1ccc(Sc2ccc(Br)cc2)nc1. The van der Waals surface area contributed by atoms with Crippen LogP contribution in [0.15, 0.2) is 57.0 Å². The first-order chi connectivity index (χ1) is 8.15. The lowest BCUT2D eigenvalue weighted by molar-refractivity contribution is 0.806. The van der Waals surface area contributed by atoms with Crippen LogP contribution in [0, 0.1) is 0 Å². The van der Waals surface area contributed by atoms with Gasteiger partial charge in [-0.2, -0.15) is 0 Å². The van der Waals surface area contributed by atoms with Gasteiger partial charge in [-0.15, -0.1) is 0 Å². The van der Waals surface area contributed by atoms with Crippen molar-refractivity contribution < 1.29 is 0 Å². The molecule has 88 valence electrons. The average Bonchev–Trinajstić information content (AvgIpc) is 2.33. The molecule has 1 heterocycles. The highest BCUT2D eigenvalue weighted by Crippen LogP contribution is 2.27. The molecule has 0 spiro atoms. The smallest absolute Gasteiger partial charge is 0.101 e. The number of aromatic nitrogens is 1. The van der Waals surface area contributed by atoms with Crippen LogP contribution in [-0.4, -0.2) is 4.98 Å². The van der Waals surface area contributed by atoms with Crippen molar-refractivity contribution in [3.63, 3.8) is 0 Å². The molecule has 4 heteroatoms. The molecular weight excluding hydrogens is 296 g/mol. The summed E-state index contributed by atoms with van der Waals surface area (Å²) < 4.78 is 1.09. The Balaban J connectivity index is 2.11. The number of nitrogens with two attached hydrogens (primary N) is 1. The fourth-order valence-corrected chi connectivity index (χ4v) is 2.36. The number of pyridine rings is 1. The Morgan fingerprint density at radius 3 is 2.41 bits per heavy atom. The van der Waals surface area contributed by atoms with E-state index in [1.165, 1.54) is 4.90 Å². The quantitative estimate of drug-likeness (QED) is 0.931. The van der Waals surface area contributed by atoms with E-state index in [-0.39, 0.29) is 6.04 Å². The van der Waals surface area contributed by atoms with Crippen LogP contribution in [0.25, 0.3) is 0 Å². The molecule has 2 rings (SSSR count). The van der Waals surface area contributed by atoms with Crippen LogP contribution in [0.3, 0.4) is 0 Å². The van der Waals surface area contributed by atoms with Gasteiger partial charge >= 0.3 is 0 Å². The summed E-state index contributed by atoms with van der Waals surface area (Å²) in [6.45, 7) is 1.96. The third kappa shape index (κ3) is 3.56. The predicted octanol–water partition coefficient (Wildman–Crippen LogP) is 4.02. The zero-order valence-electron chi connectivity index (χ0n) is 9.43. The number of nitrogens with zero attached hydrogens (tertiary/aromatic N) is 1. The lowest BCUT2D eigenvalue weighted by Crippen LogP contribution is -2.04. The van der Waals surface area contributed by atoms with Gasteiger partial charge in [-0.1, -0.05) is 33.8 Å². The van der Waals surface area contributed by atoms with Crippen LogP contribution >= 0.6 is 27.7 Å². The van der Waals surface area contributed by atoms with Gasteiger partial charge in [0.05, 0.1) is 0 Å². The predicted molar refractivity (Wildman–Crippen MR) is 75.1 cm³/mol. The van der Waals surface area contributed by atoms with E-state index in [0.29, 0.717) is 0 Å². The van der Waals surface area contributed by atoms with Crippen LogP contribution in [-0.2, 0) is 0 Å². The Kier molecular flexibility index (Phi) is 4.20. The molecule has 0 aliphatic heterocycles. The molecule has 0 amide bonds. The minimum Gasteiger partial charge on any atom is -0.324 e. The average molecular weight is 309 g/mol. The third-order valence-corrected chi connectivity index (χ3v) is 3.81. The molecular formula is C13H13BrN2S. The fraction of sp³-hybridized carbons (Fsp3) is 0.154. The second-order valence-corrected chi connectivity index (χ2v) is 5.78. The molecule has 17 heavy (non-hydrogen) atoms. The van der Waals surface area contributed by atoms with E-state index in [1.807, 2.05) is 37.4 Å². The maximum absolute atomic E-state index is 5.78. The molecule has 0 bridgehead atoms. The van der Waals surface area contributed by atoms with Gasteiger partial charge in [0.1, 0.15) is 5.03 Å². The monoisotopic (exact) mass is 308 g/mol. The molecule has 2 N–H and O–H groups in total. The van der Waals surface area contributed by atoms with E-state index >= 15 is 0 Å². The maximum atomic E-state index is 5.78. The highest BCUT2D eigenvalue weighted by Gasteiger charge is 2.02. The van der Waals surface area contributed by atoms with Gasteiger partial charge in [0.15, 0.2) is 0 Å². The maximum Gasteiger partial charge on any atom is 0.101 e. The molecule has 2 nitrogen and oxygen atoms in total. The summed E-state index contributed by atoms with van der Waals surface area (Å²) in [5.74, 6) is 0. The van der Waals surface area contributed by atoms with Gasteiger partial charge < -0.3 is 5.73 Å². The van der Waals surface area contributed by atoms with E-state index in [1.54, 1.807) is 11.8 Å². The van der Waals surface area contributed by atoms with Crippen molar-refractivity contribution in [1.82, 2.24) is 4.98 Å². The number of benzene rings is 1. The lowest BCUT2D eigenvalue weighted by atomic mass is 10.2. The van der Waals surface area contributed by atoms with Gasteiger partial charge in [-0.25, -0.2) is 4.98 Å². The summed E-state index contributed by atoms with van der Waals surface area (Å²) in [6.07, 6.45) is 1.84. The Hall–Kier alpha value is -0.840. The summed E-state index contributed by atoms with van der Waals surface area (Å²) in [6, 6.07) is 12.3. The van der Waals surface area contributed by atoms with Crippen LogP contribution in [0.4, 0.5) is 0 Å². The molecule has 0 aliphatic rings. The van der Waals surface area contributed by atoms with Gasteiger partial charge in [-0.3, -0.25) is 0 Å². The van der Waals surface area contributed by atoms with Crippen molar-refractivity contribution in [3.05, 3.63) is 52.6 Å². The van der Waals surface area contributed by atoms with Crippen molar-refractivity contribution in [2.45, 2.75) is 22.9 Å². The summed E-state index contributed by atoms with van der Waals surface area (Å²) in [7, 11) is 0.